The van der Waals surface area contributed by atoms with Gasteiger partial charge in [0.05, 0.1) is 12.7 Å². The number of nitrogens with zero attached hydrogens (tertiary/aromatic N) is 5. The molecular formula is C19H16F3N7O2S. The highest BCUT2D eigenvalue weighted by Gasteiger charge is 2.33. The van der Waals surface area contributed by atoms with Gasteiger partial charge in [-0.15, -0.1) is 18.3 Å². The molecule has 3 aromatic rings. The van der Waals surface area contributed by atoms with E-state index in [-0.39, 0.29) is 24.0 Å². The van der Waals surface area contributed by atoms with Crippen LogP contribution in [0.1, 0.15) is 45.4 Å². The normalized spacial score (nSPS) is 13.5. The van der Waals surface area contributed by atoms with Crippen molar-refractivity contribution in [3.8, 4) is 17.0 Å². The third-order valence-corrected chi connectivity index (χ3v) is 5.44. The number of ether oxygens (including phenoxy) is 1. The summed E-state index contributed by atoms with van der Waals surface area (Å²) in [6.45, 7) is -0.0713. The Morgan fingerprint density at radius 3 is 2.78 bits per heavy atom. The Morgan fingerprint density at radius 1 is 1.38 bits per heavy atom. The number of thiazole rings is 1. The van der Waals surface area contributed by atoms with Gasteiger partial charge in [-0.05, 0) is 42.5 Å². The van der Waals surface area contributed by atoms with Crippen molar-refractivity contribution >= 4 is 23.2 Å². The summed E-state index contributed by atoms with van der Waals surface area (Å²) >= 11 is 1.10. The molecular weight excluding hydrogens is 447 g/mol. The number of hydrogen-bond acceptors (Lipinski definition) is 8. The second kappa shape index (κ2) is 8.46. The number of carbonyl (C=O) groups is 1. The highest BCUT2D eigenvalue weighted by atomic mass is 32.1. The topological polar surface area (TPSA) is 118 Å². The first-order valence-electron chi connectivity index (χ1n) is 9.44. The summed E-state index contributed by atoms with van der Waals surface area (Å²) in [5.74, 6) is -0.290. The van der Waals surface area contributed by atoms with E-state index in [0.717, 1.165) is 30.2 Å². The van der Waals surface area contributed by atoms with Crippen molar-refractivity contribution in [2.75, 3.05) is 12.4 Å². The van der Waals surface area contributed by atoms with Gasteiger partial charge in [0.2, 0.25) is 11.1 Å². The fourth-order valence-electron chi connectivity index (χ4n) is 2.99. The lowest BCUT2D eigenvalue weighted by Crippen LogP contribution is -2.25. The van der Waals surface area contributed by atoms with Crippen molar-refractivity contribution in [1.29, 1.82) is 5.26 Å². The molecule has 1 aliphatic carbocycles. The van der Waals surface area contributed by atoms with Crippen LogP contribution >= 0.6 is 11.3 Å². The molecule has 13 heteroatoms. The lowest BCUT2D eigenvalue weighted by molar-refractivity contribution is -0.274. The van der Waals surface area contributed by atoms with Gasteiger partial charge in [-0.1, -0.05) is 11.3 Å². The minimum Gasteiger partial charge on any atom is -0.406 e. The van der Waals surface area contributed by atoms with Crippen molar-refractivity contribution in [3.05, 3.63) is 46.2 Å². The van der Waals surface area contributed by atoms with Gasteiger partial charge in [-0.25, -0.2) is 4.98 Å². The second-order valence-corrected chi connectivity index (χ2v) is 7.94. The third kappa shape index (κ3) is 4.97. The summed E-state index contributed by atoms with van der Waals surface area (Å²) in [5.41, 5.74) is 0.680. The van der Waals surface area contributed by atoms with Gasteiger partial charge < -0.3 is 15.4 Å². The lowest BCUT2D eigenvalue weighted by Gasteiger charge is -2.12. The molecule has 32 heavy (non-hydrogen) atoms. The van der Waals surface area contributed by atoms with Crippen LogP contribution < -0.4 is 15.4 Å². The number of halogens is 3. The molecule has 0 aliphatic heterocycles. The van der Waals surface area contributed by atoms with E-state index in [2.05, 4.69) is 30.4 Å². The van der Waals surface area contributed by atoms with E-state index in [1.165, 1.54) is 16.9 Å². The first kappa shape index (κ1) is 21.6. The van der Waals surface area contributed by atoms with Gasteiger partial charge in [0.15, 0.2) is 5.82 Å². The number of nitrogens with one attached hydrogen (secondary N) is 2. The van der Waals surface area contributed by atoms with Crippen molar-refractivity contribution in [2.24, 2.45) is 0 Å². The minimum absolute atomic E-state index is 0.0505. The number of rotatable bonds is 7. The molecule has 0 unspecified atom stereocenters. The maximum atomic E-state index is 12.7. The zero-order valence-corrected chi connectivity index (χ0v) is 17.4. The molecule has 1 aliphatic rings. The van der Waals surface area contributed by atoms with E-state index in [1.807, 2.05) is 6.07 Å². The van der Waals surface area contributed by atoms with Crippen LogP contribution in [0, 0.1) is 11.3 Å². The van der Waals surface area contributed by atoms with Crippen LogP contribution in [0.2, 0.25) is 0 Å². The number of anilines is 1. The maximum Gasteiger partial charge on any atom is 0.573 e. The molecule has 166 valence electrons. The zero-order chi connectivity index (χ0) is 22.9. The van der Waals surface area contributed by atoms with Gasteiger partial charge in [0, 0.05) is 12.6 Å². The highest BCUT2D eigenvalue weighted by Crippen LogP contribution is 2.42. The predicted octanol–water partition coefficient (Wildman–Crippen LogP) is 3.34. The Bertz CT molecular complexity index is 1190. The van der Waals surface area contributed by atoms with Gasteiger partial charge in [0.25, 0.3) is 5.91 Å². The van der Waals surface area contributed by atoms with Gasteiger partial charge in [-0.3, -0.25) is 4.79 Å². The Morgan fingerprint density at radius 2 is 2.16 bits per heavy atom. The fraction of sp³-hybridized carbons (Fsp3) is 0.316. The molecule has 1 fully saturated rings. The summed E-state index contributed by atoms with van der Waals surface area (Å²) < 4.78 is 43.5. The lowest BCUT2D eigenvalue weighted by atomic mass is 10.1. The number of amides is 1. The van der Waals surface area contributed by atoms with Crippen LogP contribution in [-0.2, 0) is 6.54 Å². The van der Waals surface area contributed by atoms with Gasteiger partial charge >= 0.3 is 6.36 Å². The van der Waals surface area contributed by atoms with Crippen molar-refractivity contribution in [3.63, 3.8) is 0 Å². The van der Waals surface area contributed by atoms with E-state index in [4.69, 9.17) is 5.26 Å². The van der Waals surface area contributed by atoms with Crippen LogP contribution in [0.5, 0.6) is 5.75 Å². The van der Waals surface area contributed by atoms with E-state index in [9.17, 15) is 18.0 Å². The van der Waals surface area contributed by atoms with Gasteiger partial charge in [-0.2, -0.15) is 14.9 Å². The third-order valence-electron chi connectivity index (χ3n) is 4.56. The molecule has 0 atom stereocenters. The van der Waals surface area contributed by atoms with E-state index in [0.29, 0.717) is 21.4 Å². The molecule has 0 radical (unpaired) electrons. The smallest absolute Gasteiger partial charge is 0.406 e. The van der Waals surface area contributed by atoms with Crippen LogP contribution in [-0.4, -0.2) is 39.1 Å². The molecule has 0 saturated heterocycles. The molecule has 2 aromatic heterocycles. The molecule has 0 spiro atoms. The average molecular weight is 463 g/mol. The predicted molar refractivity (Wildman–Crippen MR) is 108 cm³/mol. The van der Waals surface area contributed by atoms with E-state index < -0.39 is 18.0 Å². The Labute approximate surface area is 183 Å². The summed E-state index contributed by atoms with van der Waals surface area (Å²) in [6, 6.07) is 5.92. The summed E-state index contributed by atoms with van der Waals surface area (Å²) in [7, 11) is 1.62. The average Bonchev–Trinajstić information content (AvgIpc) is 3.35. The van der Waals surface area contributed by atoms with Crippen LogP contribution in [0.25, 0.3) is 5.13 Å². The second-order valence-electron chi connectivity index (χ2n) is 6.93. The van der Waals surface area contributed by atoms with Crippen molar-refractivity contribution < 1.29 is 22.7 Å². The SMILES string of the molecule is CNc1nc(CNC(=O)c2cc(OC(F)(F)F)cc(C3CC3)c2)n(-c2ncc(C#N)s2)n1. The summed E-state index contributed by atoms with van der Waals surface area (Å²) in [4.78, 5) is 21.5. The minimum atomic E-state index is -4.86. The molecule has 1 amide bonds. The van der Waals surface area contributed by atoms with Crippen LogP contribution in [0.3, 0.4) is 0 Å². The molecule has 2 heterocycles. The summed E-state index contributed by atoms with van der Waals surface area (Å²) in [6.07, 6.45) is -1.75. The molecule has 0 bridgehead atoms. The molecule has 2 N–H and O–H groups in total. The standard InChI is InChI=1S/C19H16F3N7O2S/c1-24-17-27-15(29(28-17)18-26-8-14(7-23)32-18)9-25-16(30)12-4-11(10-2-3-10)5-13(6-12)31-19(20,21)22/h4-6,8,10H,2-3,9H2,1H3,(H,24,28)(H,25,30). The maximum absolute atomic E-state index is 12.7. The molecule has 4 rings (SSSR count). The van der Waals surface area contributed by atoms with E-state index in [1.54, 1.807) is 13.1 Å². The monoisotopic (exact) mass is 463 g/mol. The quantitative estimate of drug-likeness (QED) is 0.552. The zero-order valence-electron chi connectivity index (χ0n) is 16.6. The number of carbonyl (C=O) groups excluding carboxylic acids is 1. The number of benzene rings is 1. The summed E-state index contributed by atoms with van der Waals surface area (Å²) in [5, 5.41) is 19.1. The van der Waals surface area contributed by atoms with E-state index >= 15 is 0 Å². The fourth-order valence-corrected chi connectivity index (χ4v) is 3.68. The van der Waals surface area contributed by atoms with Crippen molar-refractivity contribution in [2.45, 2.75) is 31.7 Å². The first-order chi connectivity index (χ1) is 15.3. The largest absolute Gasteiger partial charge is 0.573 e. The number of hydrogen-bond donors (Lipinski definition) is 2. The highest BCUT2D eigenvalue weighted by molar-refractivity contribution is 7.14. The number of nitriles is 1. The Balaban J connectivity index is 1.55. The first-order valence-corrected chi connectivity index (χ1v) is 10.3. The molecule has 1 saturated carbocycles. The van der Waals surface area contributed by atoms with Gasteiger partial charge in [0.1, 0.15) is 16.7 Å². The Kier molecular flexibility index (Phi) is 5.70. The number of aromatic nitrogens is 4. The van der Waals surface area contributed by atoms with Crippen LogP contribution in [0.15, 0.2) is 24.4 Å². The Hall–Kier alpha value is -3.66. The number of alkyl halides is 3. The van der Waals surface area contributed by atoms with Crippen molar-refractivity contribution in [1.82, 2.24) is 25.1 Å². The van der Waals surface area contributed by atoms with Crippen LogP contribution in [0.4, 0.5) is 19.1 Å². The molecule has 9 nitrogen and oxygen atoms in total. The molecule has 1 aromatic carbocycles.